The topological polar surface area (TPSA) is 70.5 Å². The van der Waals surface area contributed by atoms with Crippen molar-refractivity contribution in [2.75, 3.05) is 4.90 Å². The molecule has 14 heavy (non-hydrogen) atoms. The number of anilines is 1. The van der Waals surface area contributed by atoms with Crippen LogP contribution in [0.15, 0.2) is 10.9 Å². The van der Waals surface area contributed by atoms with E-state index in [9.17, 15) is 9.59 Å². The molecule has 1 heterocycles. The van der Waals surface area contributed by atoms with E-state index in [2.05, 4.69) is 4.98 Å². The molecule has 0 spiro atoms. The van der Waals surface area contributed by atoms with Crippen molar-refractivity contribution in [2.45, 2.75) is 19.9 Å². The average Bonchev–Trinajstić information content (AvgIpc) is 2.56. The molecule has 1 aromatic heterocycles. The van der Waals surface area contributed by atoms with Crippen molar-refractivity contribution in [3.63, 3.8) is 0 Å². The Morgan fingerprint density at radius 2 is 2.29 bits per heavy atom. The Balaban J connectivity index is 2.97. The molecular weight excluding hydrogens is 204 g/mol. The van der Waals surface area contributed by atoms with Gasteiger partial charge in [0.25, 0.3) is 0 Å². The molecule has 1 unspecified atom stereocenters. The lowest BCUT2D eigenvalue weighted by molar-refractivity contribution is -0.139. The maximum absolute atomic E-state index is 11.2. The van der Waals surface area contributed by atoms with E-state index in [1.54, 1.807) is 10.9 Å². The molecule has 1 atom stereocenters. The Hall–Kier alpha value is -1.43. The van der Waals surface area contributed by atoms with Crippen molar-refractivity contribution >= 4 is 29.0 Å². The highest BCUT2D eigenvalue weighted by molar-refractivity contribution is 7.07. The Morgan fingerprint density at radius 1 is 1.64 bits per heavy atom. The summed E-state index contributed by atoms with van der Waals surface area (Å²) in [5.74, 6) is -0.989. The van der Waals surface area contributed by atoms with Crippen LogP contribution in [0.2, 0.25) is 0 Å². The van der Waals surface area contributed by atoms with Crippen LogP contribution in [-0.4, -0.2) is 28.0 Å². The third-order valence-electron chi connectivity index (χ3n) is 1.75. The van der Waals surface area contributed by atoms with Crippen LogP contribution < -0.4 is 4.90 Å². The predicted octanol–water partition coefficient (Wildman–Crippen LogP) is 0.969. The lowest BCUT2D eigenvalue weighted by Crippen LogP contribution is -2.42. The maximum Gasteiger partial charge on any atom is 0.326 e. The molecule has 76 valence electrons. The van der Waals surface area contributed by atoms with Gasteiger partial charge in [-0.1, -0.05) is 0 Å². The SMILES string of the molecule is CC(=O)N(c1cscn1)C(C)C(=O)O. The Kier molecular flexibility index (Phi) is 3.19. The zero-order chi connectivity index (χ0) is 10.7. The molecule has 5 nitrogen and oxygen atoms in total. The van der Waals surface area contributed by atoms with E-state index >= 15 is 0 Å². The van der Waals surface area contributed by atoms with Crippen LogP contribution in [-0.2, 0) is 9.59 Å². The van der Waals surface area contributed by atoms with Gasteiger partial charge in [0.1, 0.15) is 11.9 Å². The van der Waals surface area contributed by atoms with Gasteiger partial charge in [-0.15, -0.1) is 11.3 Å². The van der Waals surface area contributed by atoms with Crippen molar-refractivity contribution < 1.29 is 14.7 Å². The second kappa shape index (κ2) is 4.19. The van der Waals surface area contributed by atoms with E-state index < -0.39 is 12.0 Å². The Morgan fingerprint density at radius 3 is 2.64 bits per heavy atom. The van der Waals surface area contributed by atoms with Crippen LogP contribution in [0.3, 0.4) is 0 Å². The van der Waals surface area contributed by atoms with Crippen molar-refractivity contribution in [2.24, 2.45) is 0 Å². The monoisotopic (exact) mass is 214 g/mol. The van der Waals surface area contributed by atoms with Gasteiger partial charge in [0.2, 0.25) is 5.91 Å². The summed E-state index contributed by atoms with van der Waals surface area (Å²) in [6, 6.07) is -0.894. The summed E-state index contributed by atoms with van der Waals surface area (Å²) >= 11 is 1.32. The minimum Gasteiger partial charge on any atom is -0.480 e. The van der Waals surface area contributed by atoms with Crippen molar-refractivity contribution in [1.29, 1.82) is 0 Å². The summed E-state index contributed by atoms with van der Waals surface area (Å²) in [7, 11) is 0. The summed E-state index contributed by atoms with van der Waals surface area (Å²) in [5, 5.41) is 10.4. The first-order valence-corrected chi connectivity index (χ1v) is 4.89. The zero-order valence-electron chi connectivity index (χ0n) is 7.80. The van der Waals surface area contributed by atoms with Gasteiger partial charge in [0.05, 0.1) is 5.51 Å². The third kappa shape index (κ3) is 2.08. The first-order chi connectivity index (χ1) is 6.54. The van der Waals surface area contributed by atoms with Gasteiger partial charge in [-0.05, 0) is 6.92 Å². The molecule has 0 radical (unpaired) electrons. The molecule has 1 aromatic rings. The average molecular weight is 214 g/mol. The Bertz CT molecular complexity index is 336. The number of carboxylic acids is 1. The van der Waals surface area contributed by atoms with E-state index in [0.29, 0.717) is 5.82 Å². The highest BCUT2D eigenvalue weighted by atomic mass is 32.1. The number of aromatic nitrogens is 1. The van der Waals surface area contributed by atoms with Gasteiger partial charge in [0.15, 0.2) is 0 Å². The number of carboxylic acid groups (broad SMARTS) is 1. The molecule has 0 aliphatic rings. The maximum atomic E-state index is 11.2. The van der Waals surface area contributed by atoms with Crippen LogP contribution in [0.5, 0.6) is 0 Å². The normalized spacial score (nSPS) is 12.1. The second-order valence-electron chi connectivity index (χ2n) is 2.75. The van der Waals surface area contributed by atoms with Crippen LogP contribution >= 0.6 is 11.3 Å². The van der Waals surface area contributed by atoms with E-state index in [1.165, 1.54) is 25.2 Å². The van der Waals surface area contributed by atoms with Crippen LogP contribution in [0.25, 0.3) is 0 Å². The van der Waals surface area contributed by atoms with E-state index in [1.807, 2.05) is 0 Å². The van der Waals surface area contributed by atoms with Crippen molar-refractivity contribution in [3.8, 4) is 0 Å². The lowest BCUT2D eigenvalue weighted by atomic mass is 10.3. The molecule has 0 aliphatic heterocycles. The number of carbonyl (C=O) groups excluding carboxylic acids is 1. The molecule has 6 heteroatoms. The molecule has 1 amide bonds. The standard InChI is InChI=1S/C8H10N2O3S/c1-5(8(12)13)10(6(2)11)7-3-14-4-9-7/h3-5H,1-2H3,(H,12,13). The highest BCUT2D eigenvalue weighted by Crippen LogP contribution is 2.16. The summed E-state index contributed by atoms with van der Waals surface area (Å²) < 4.78 is 0. The van der Waals surface area contributed by atoms with Gasteiger partial charge in [-0.25, -0.2) is 9.78 Å². The lowest BCUT2D eigenvalue weighted by Gasteiger charge is -2.22. The van der Waals surface area contributed by atoms with Crippen LogP contribution in [0, 0.1) is 0 Å². The Labute approximate surface area is 85.0 Å². The molecule has 0 fully saturated rings. The number of amides is 1. The van der Waals surface area contributed by atoms with E-state index in [0.717, 1.165) is 4.90 Å². The molecule has 0 saturated heterocycles. The molecule has 1 rings (SSSR count). The van der Waals surface area contributed by atoms with Gasteiger partial charge in [0, 0.05) is 12.3 Å². The molecule has 1 N–H and O–H groups in total. The van der Waals surface area contributed by atoms with Gasteiger partial charge in [-0.2, -0.15) is 0 Å². The minimum atomic E-state index is -1.05. The van der Waals surface area contributed by atoms with Crippen molar-refractivity contribution in [1.82, 2.24) is 4.98 Å². The number of rotatable bonds is 3. The largest absolute Gasteiger partial charge is 0.480 e. The number of aliphatic carboxylic acids is 1. The zero-order valence-corrected chi connectivity index (χ0v) is 8.61. The fraction of sp³-hybridized carbons (Fsp3) is 0.375. The molecule has 0 aliphatic carbocycles. The molecular formula is C8H10N2O3S. The first-order valence-electron chi connectivity index (χ1n) is 3.95. The third-order valence-corrected chi connectivity index (χ3v) is 2.32. The van der Waals surface area contributed by atoms with E-state index in [4.69, 9.17) is 5.11 Å². The second-order valence-corrected chi connectivity index (χ2v) is 3.47. The van der Waals surface area contributed by atoms with E-state index in [-0.39, 0.29) is 5.91 Å². The fourth-order valence-electron chi connectivity index (χ4n) is 1.07. The predicted molar refractivity (Wildman–Crippen MR) is 52.4 cm³/mol. The van der Waals surface area contributed by atoms with Gasteiger partial charge >= 0.3 is 5.97 Å². The highest BCUT2D eigenvalue weighted by Gasteiger charge is 2.25. The number of thiazole rings is 1. The summed E-state index contributed by atoms with van der Waals surface area (Å²) in [6.45, 7) is 2.77. The van der Waals surface area contributed by atoms with Gasteiger partial charge < -0.3 is 5.11 Å². The number of hydrogen-bond donors (Lipinski definition) is 1. The molecule has 0 saturated carbocycles. The first kappa shape index (κ1) is 10.6. The molecule has 0 bridgehead atoms. The number of nitrogens with zero attached hydrogens (tertiary/aromatic N) is 2. The number of carbonyl (C=O) groups is 2. The van der Waals surface area contributed by atoms with Crippen LogP contribution in [0.4, 0.5) is 5.82 Å². The van der Waals surface area contributed by atoms with Crippen LogP contribution in [0.1, 0.15) is 13.8 Å². The van der Waals surface area contributed by atoms with Crippen molar-refractivity contribution in [3.05, 3.63) is 10.9 Å². The molecule has 0 aromatic carbocycles. The number of hydrogen-bond acceptors (Lipinski definition) is 4. The minimum absolute atomic E-state index is 0.328. The summed E-state index contributed by atoms with van der Waals surface area (Å²) in [4.78, 5) is 27.0. The van der Waals surface area contributed by atoms with Gasteiger partial charge in [-0.3, -0.25) is 9.69 Å². The summed E-state index contributed by atoms with van der Waals surface area (Å²) in [6.07, 6.45) is 0. The fourth-order valence-corrected chi connectivity index (χ4v) is 1.59. The quantitative estimate of drug-likeness (QED) is 0.813. The smallest absolute Gasteiger partial charge is 0.326 e. The summed E-state index contributed by atoms with van der Waals surface area (Å²) in [5.41, 5.74) is 1.56.